The lowest BCUT2D eigenvalue weighted by Gasteiger charge is -2.06. The molecule has 0 aliphatic heterocycles. The molecular weight excluding hydrogens is 250 g/mol. The van der Waals surface area contributed by atoms with E-state index >= 15 is 0 Å². The molecule has 0 saturated heterocycles. The van der Waals surface area contributed by atoms with Crippen LogP contribution in [0.1, 0.15) is 12.5 Å². The van der Waals surface area contributed by atoms with Crippen molar-refractivity contribution >= 4 is 5.88 Å². The number of hydrogen-bond donors (Lipinski definition) is 1. The first-order valence-electron chi connectivity index (χ1n) is 6.55. The molecule has 3 rings (SSSR count). The summed E-state index contributed by atoms with van der Waals surface area (Å²) in [4.78, 5) is 4.13. The number of aryl methyl sites for hydroxylation is 1. The maximum atomic E-state index is 5.95. The van der Waals surface area contributed by atoms with Gasteiger partial charge in [-0.3, -0.25) is 4.98 Å². The summed E-state index contributed by atoms with van der Waals surface area (Å²) in [6.07, 6.45) is 4.42. The predicted octanol–water partition coefficient (Wildman–Crippen LogP) is 3.55. The first-order valence-corrected chi connectivity index (χ1v) is 6.55. The van der Waals surface area contributed by atoms with E-state index in [-0.39, 0.29) is 0 Å². The van der Waals surface area contributed by atoms with E-state index in [9.17, 15) is 0 Å². The minimum atomic E-state index is 0.318. The summed E-state index contributed by atoms with van der Waals surface area (Å²) in [5.41, 5.74) is 10.7. The highest BCUT2D eigenvalue weighted by atomic mass is 16.5. The molecule has 0 atom stereocenters. The van der Waals surface area contributed by atoms with E-state index in [1.54, 1.807) is 12.4 Å². The lowest BCUT2D eigenvalue weighted by Crippen LogP contribution is -1.91. The molecule has 0 aliphatic rings. The molecule has 2 heterocycles. The van der Waals surface area contributed by atoms with E-state index in [2.05, 4.69) is 23.1 Å². The van der Waals surface area contributed by atoms with Crippen LogP contribution in [0, 0.1) is 0 Å². The van der Waals surface area contributed by atoms with Crippen molar-refractivity contribution in [3.8, 4) is 22.4 Å². The number of aromatic nitrogens is 2. The second-order valence-corrected chi connectivity index (χ2v) is 4.52. The molecule has 20 heavy (non-hydrogen) atoms. The van der Waals surface area contributed by atoms with Gasteiger partial charge in [0.25, 0.3) is 0 Å². The molecule has 0 radical (unpaired) electrons. The molecule has 0 spiro atoms. The van der Waals surface area contributed by atoms with Crippen molar-refractivity contribution in [2.45, 2.75) is 13.3 Å². The van der Waals surface area contributed by atoms with Crippen LogP contribution in [0.3, 0.4) is 0 Å². The monoisotopic (exact) mass is 265 g/mol. The number of benzene rings is 1. The Balaban J connectivity index is 2.22. The van der Waals surface area contributed by atoms with Crippen LogP contribution in [-0.2, 0) is 6.42 Å². The highest BCUT2D eigenvalue weighted by molar-refractivity contribution is 5.87. The molecule has 0 aliphatic carbocycles. The summed E-state index contributed by atoms with van der Waals surface area (Å²) in [5, 5.41) is 4.14. The van der Waals surface area contributed by atoms with Gasteiger partial charge in [-0.25, -0.2) is 0 Å². The minimum absolute atomic E-state index is 0.318. The van der Waals surface area contributed by atoms with Gasteiger partial charge in [-0.1, -0.05) is 42.4 Å². The van der Waals surface area contributed by atoms with E-state index < -0.39 is 0 Å². The van der Waals surface area contributed by atoms with Gasteiger partial charge in [0.05, 0.1) is 5.56 Å². The van der Waals surface area contributed by atoms with Gasteiger partial charge >= 0.3 is 0 Å². The molecule has 1 aromatic carbocycles. The predicted molar refractivity (Wildman–Crippen MR) is 79.0 cm³/mol. The van der Waals surface area contributed by atoms with Crippen molar-refractivity contribution in [3.05, 3.63) is 54.4 Å². The molecule has 0 unspecified atom stereocenters. The number of nitrogen functional groups attached to an aromatic ring is 1. The van der Waals surface area contributed by atoms with Crippen LogP contribution < -0.4 is 5.73 Å². The third kappa shape index (κ3) is 2.05. The molecule has 4 heteroatoms. The molecule has 3 aromatic rings. The summed E-state index contributed by atoms with van der Waals surface area (Å²) >= 11 is 0. The third-order valence-corrected chi connectivity index (χ3v) is 3.32. The third-order valence-electron chi connectivity index (χ3n) is 3.32. The first-order chi connectivity index (χ1) is 9.81. The van der Waals surface area contributed by atoms with Crippen LogP contribution in [-0.4, -0.2) is 10.1 Å². The smallest absolute Gasteiger partial charge is 0.230 e. The molecule has 2 N–H and O–H groups in total. The average Bonchev–Trinajstić information content (AvgIpc) is 2.89. The Hall–Kier alpha value is -2.62. The van der Waals surface area contributed by atoms with Crippen LogP contribution in [0.25, 0.3) is 22.4 Å². The van der Waals surface area contributed by atoms with Gasteiger partial charge < -0.3 is 10.3 Å². The fraction of sp³-hybridized carbons (Fsp3) is 0.125. The lowest BCUT2D eigenvalue weighted by molar-refractivity contribution is 0.439. The Labute approximate surface area is 117 Å². The number of rotatable bonds is 3. The summed E-state index contributed by atoms with van der Waals surface area (Å²) in [6.45, 7) is 2.12. The van der Waals surface area contributed by atoms with Gasteiger partial charge in [-0.2, -0.15) is 0 Å². The first kappa shape index (κ1) is 12.4. The molecule has 2 aromatic heterocycles. The number of nitrogens with zero attached hydrogens (tertiary/aromatic N) is 2. The maximum absolute atomic E-state index is 5.95. The molecule has 0 bridgehead atoms. The maximum Gasteiger partial charge on any atom is 0.230 e. The van der Waals surface area contributed by atoms with Crippen LogP contribution in [0.4, 0.5) is 5.88 Å². The summed E-state index contributed by atoms with van der Waals surface area (Å²) < 4.78 is 5.20. The van der Waals surface area contributed by atoms with Crippen molar-refractivity contribution in [2.24, 2.45) is 0 Å². The van der Waals surface area contributed by atoms with Crippen molar-refractivity contribution in [2.75, 3.05) is 5.73 Å². The van der Waals surface area contributed by atoms with E-state index in [0.29, 0.717) is 5.88 Å². The van der Waals surface area contributed by atoms with Crippen LogP contribution in [0.2, 0.25) is 0 Å². The van der Waals surface area contributed by atoms with Gasteiger partial charge in [0.15, 0.2) is 0 Å². The number of anilines is 1. The van der Waals surface area contributed by atoms with Gasteiger partial charge in [0, 0.05) is 23.5 Å². The van der Waals surface area contributed by atoms with Crippen LogP contribution >= 0.6 is 0 Å². The average molecular weight is 265 g/mol. The fourth-order valence-corrected chi connectivity index (χ4v) is 2.34. The van der Waals surface area contributed by atoms with Crippen LogP contribution in [0.15, 0.2) is 53.3 Å². The Morgan fingerprint density at radius 1 is 1.15 bits per heavy atom. The highest BCUT2D eigenvalue weighted by Gasteiger charge is 2.19. The quantitative estimate of drug-likeness (QED) is 0.786. The Kier molecular flexibility index (Phi) is 3.21. The van der Waals surface area contributed by atoms with Gasteiger partial charge in [0.2, 0.25) is 5.88 Å². The standard InChI is InChI=1S/C16H15N3O/c1-2-11-6-3-4-8-13(11)15-14(16(17)20-19-15)12-7-5-9-18-10-12/h3-10H,2,17H2,1H3. The van der Waals surface area contributed by atoms with E-state index in [1.165, 1.54) is 5.56 Å². The molecular formula is C16H15N3O. The van der Waals surface area contributed by atoms with Gasteiger partial charge in [-0.15, -0.1) is 0 Å². The zero-order valence-corrected chi connectivity index (χ0v) is 11.2. The molecule has 0 fully saturated rings. The van der Waals surface area contributed by atoms with Crippen molar-refractivity contribution in [1.29, 1.82) is 0 Å². The Bertz CT molecular complexity index is 720. The molecule has 4 nitrogen and oxygen atoms in total. The highest BCUT2D eigenvalue weighted by Crippen LogP contribution is 2.37. The normalized spacial score (nSPS) is 10.7. The van der Waals surface area contributed by atoms with E-state index in [1.807, 2.05) is 30.3 Å². The second-order valence-electron chi connectivity index (χ2n) is 4.52. The Morgan fingerprint density at radius 3 is 2.75 bits per heavy atom. The lowest BCUT2D eigenvalue weighted by atomic mass is 9.97. The number of hydrogen-bond acceptors (Lipinski definition) is 4. The molecule has 100 valence electrons. The summed E-state index contributed by atoms with van der Waals surface area (Å²) in [6, 6.07) is 12.0. The SMILES string of the molecule is CCc1ccccc1-c1noc(N)c1-c1cccnc1. The van der Waals surface area contributed by atoms with Crippen molar-refractivity contribution in [1.82, 2.24) is 10.1 Å². The van der Waals surface area contributed by atoms with Crippen molar-refractivity contribution < 1.29 is 4.52 Å². The topological polar surface area (TPSA) is 64.9 Å². The van der Waals surface area contributed by atoms with Crippen molar-refractivity contribution in [3.63, 3.8) is 0 Å². The second kappa shape index (κ2) is 5.17. The summed E-state index contributed by atoms with van der Waals surface area (Å²) in [5.74, 6) is 0.318. The molecule has 0 saturated carbocycles. The zero-order valence-electron chi connectivity index (χ0n) is 11.2. The number of pyridine rings is 1. The van der Waals surface area contributed by atoms with Gasteiger partial charge in [0.1, 0.15) is 5.69 Å². The minimum Gasteiger partial charge on any atom is -0.367 e. The van der Waals surface area contributed by atoms with E-state index in [4.69, 9.17) is 10.3 Å². The summed E-state index contributed by atoms with van der Waals surface area (Å²) in [7, 11) is 0. The molecule has 0 amide bonds. The van der Waals surface area contributed by atoms with Crippen LogP contribution in [0.5, 0.6) is 0 Å². The largest absolute Gasteiger partial charge is 0.367 e. The van der Waals surface area contributed by atoms with E-state index in [0.717, 1.165) is 28.8 Å². The Morgan fingerprint density at radius 2 is 2.00 bits per heavy atom. The zero-order chi connectivity index (χ0) is 13.9. The fourth-order valence-electron chi connectivity index (χ4n) is 2.34. The van der Waals surface area contributed by atoms with Gasteiger partial charge in [-0.05, 0) is 18.1 Å². The number of nitrogens with two attached hydrogens (primary N) is 1.